The summed E-state index contributed by atoms with van der Waals surface area (Å²) in [5.41, 5.74) is 2.22. The van der Waals surface area contributed by atoms with Gasteiger partial charge in [-0.25, -0.2) is 0 Å². The second kappa shape index (κ2) is 7.71. The van der Waals surface area contributed by atoms with Gasteiger partial charge >= 0.3 is 0 Å². The molecule has 4 nitrogen and oxygen atoms in total. The number of ether oxygens (including phenoxy) is 1. The Hall–Kier alpha value is -2.01. The van der Waals surface area contributed by atoms with Crippen molar-refractivity contribution in [2.45, 2.75) is 6.42 Å². The highest BCUT2D eigenvalue weighted by Crippen LogP contribution is 2.26. The van der Waals surface area contributed by atoms with Crippen LogP contribution in [0.4, 0.5) is 5.69 Å². The summed E-state index contributed by atoms with van der Waals surface area (Å²) in [6.45, 7) is 3.24. The zero-order valence-electron chi connectivity index (χ0n) is 13.7. The molecular formula is C19H21BrN2O2. The molecule has 24 heavy (non-hydrogen) atoms. The van der Waals surface area contributed by atoms with Crippen molar-refractivity contribution in [3.05, 3.63) is 58.6 Å². The summed E-state index contributed by atoms with van der Waals surface area (Å²) in [5.74, 6) is 1.00. The maximum absolute atomic E-state index is 12.5. The molecule has 0 atom stereocenters. The number of piperazine rings is 1. The van der Waals surface area contributed by atoms with Gasteiger partial charge in [-0.1, -0.05) is 24.3 Å². The number of nitrogens with zero attached hydrogens (tertiary/aromatic N) is 2. The number of benzene rings is 2. The van der Waals surface area contributed by atoms with Crippen LogP contribution in [0.1, 0.15) is 5.56 Å². The van der Waals surface area contributed by atoms with Crippen LogP contribution in [0, 0.1) is 0 Å². The first-order valence-electron chi connectivity index (χ1n) is 8.07. The fraction of sp³-hybridized carbons (Fsp3) is 0.316. The van der Waals surface area contributed by atoms with Crippen molar-refractivity contribution in [1.29, 1.82) is 0 Å². The van der Waals surface area contributed by atoms with Crippen LogP contribution in [0.2, 0.25) is 0 Å². The first kappa shape index (κ1) is 16.8. The highest BCUT2D eigenvalue weighted by atomic mass is 79.9. The first-order chi connectivity index (χ1) is 11.7. The summed E-state index contributed by atoms with van der Waals surface area (Å²) in [6.07, 6.45) is 0.443. The summed E-state index contributed by atoms with van der Waals surface area (Å²) in [4.78, 5) is 16.8. The number of halogens is 1. The second-order valence-electron chi connectivity index (χ2n) is 5.84. The molecule has 1 aliphatic heterocycles. The monoisotopic (exact) mass is 388 g/mol. The average Bonchev–Trinajstić information content (AvgIpc) is 2.63. The van der Waals surface area contributed by atoms with E-state index in [1.165, 1.54) is 5.69 Å². The van der Waals surface area contributed by atoms with E-state index in [1.807, 2.05) is 41.3 Å². The number of anilines is 1. The van der Waals surface area contributed by atoms with Crippen LogP contribution < -0.4 is 9.64 Å². The van der Waals surface area contributed by atoms with Crippen molar-refractivity contribution >= 4 is 27.5 Å². The predicted octanol–water partition coefficient (Wildman–Crippen LogP) is 3.35. The SMILES string of the molecule is COc1ccc(CC(=O)N2CCN(c3ccccc3Br)CC2)cc1. The molecule has 0 saturated carbocycles. The van der Waals surface area contributed by atoms with E-state index in [2.05, 4.69) is 33.0 Å². The molecule has 1 aliphatic rings. The van der Waals surface area contributed by atoms with Crippen LogP contribution >= 0.6 is 15.9 Å². The van der Waals surface area contributed by atoms with Crippen molar-refractivity contribution in [2.75, 3.05) is 38.2 Å². The molecule has 0 bridgehead atoms. The van der Waals surface area contributed by atoms with Gasteiger partial charge < -0.3 is 14.5 Å². The molecule has 5 heteroatoms. The largest absolute Gasteiger partial charge is 0.497 e. The Kier molecular flexibility index (Phi) is 5.41. The number of rotatable bonds is 4. The molecule has 1 heterocycles. The molecule has 1 fully saturated rings. The molecular weight excluding hydrogens is 368 g/mol. The Bertz CT molecular complexity index is 695. The Morgan fingerprint density at radius 2 is 1.71 bits per heavy atom. The van der Waals surface area contributed by atoms with E-state index in [0.29, 0.717) is 6.42 Å². The highest BCUT2D eigenvalue weighted by molar-refractivity contribution is 9.10. The van der Waals surface area contributed by atoms with Gasteiger partial charge in [-0.3, -0.25) is 4.79 Å². The van der Waals surface area contributed by atoms with Crippen molar-refractivity contribution in [3.8, 4) is 5.75 Å². The number of carbonyl (C=O) groups excluding carboxylic acids is 1. The van der Waals surface area contributed by atoms with Gasteiger partial charge in [-0.2, -0.15) is 0 Å². The van der Waals surface area contributed by atoms with Crippen LogP contribution in [0.15, 0.2) is 53.0 Å². The van der Waals surface area contributed by atoms with E-state index in [1.54, 1.807) is 7.11 Å². The third-order valence-electron chi connectivity index (χ3n) is 4.34. The molecule has 0 aromatic heterocycles. The van der Waals surface area contributed by atoms with E-state index in [0.717, 1.165) is 42.0 Å². The minimum absolute atomic E-state index is 0.187. The molecule has 0 N–H and O–H groups in total. The van der Waals surface area contributed by atoms with E-state index in [-0.39, 0.29) is 5.91 Å². The number of hydrogen-bond donors (Lipinski definition) is 0. The van der Waals surface area contributed by atoms with E-state index >= 15 is 0 Å². The molecule has 0 unspecified atom stereocenters. The van der Waals surface area contributed by atoms with Crippen molar-refractivity contribution < 1.29 is 9.53 Å². The maximum Gasteiger partial charge on any atom is 0.227 e. The van der Waals surface area contributed by atoms with Crippen LogP contribution in [0.5, 0.6) is 5.75 Å². The Morgan fingerprint density at radius 3 is 2.33 bits per heavy atom. The first-order valence-corrected chi connectivity index (χ1v) is 8.87. The molecule has 1 saturated heterocycles. The third-order valence-corrected chi connectivity index (χ3v) is 5.01. The third kappa shape index (κ3) is 3.90. The minimum Gasteiger partial charge on any atom is -0.497 e. The quantitative estimate of drug-likeness (QED) is 0.804. The normalized spacial score (nSPS) is 14.6. The number of para-hydroxylation sites is 1. The number of hydrogen-bond acceptors (Lipinski definition) is 3. The summed E-state index contributed by atoms with van der Waals surface area (Å²) in [7, 11) is 1.64. The molecule has 0 radical (unpaired) electrons. The molecule has 1 amide bonds. The van der Waals surface area contributed by atoms with Gasteiger partial charge in [-0.05, 0) is 45.8 Å². The fourth-order valence-corrected chi connectivity index (χ4v) is 3.47. The van der Waals surface area contributed by atoms with Gasteiger partial charge in [0, 0.05) is 30.7 Å². The molecule has 0 spiro atoms. The average molecular weight is 389 g/mol. The Balaban J connectivity index is 1.56. The lowest BCUT2D eigenvalue weighted by Gasteiger charge is -2.36. The molecule has 2 aromatic carbocycles. The van der Waals surface area contributed by atoms with E-state index in [9.17, 15) is 4.79 Å². The zero-order valence-corrected chi connectivity index (χ0v) is 15.3. The van der Waals surface area contributed by atoms with E-state index < -0.39 is 0 Å². The zero-order chi connectivity index (χ0) is 16.9. The predicted molar refractivity (Wildman–Crippen MR) is 99.6 cm³/mol. The van der Waals surface area contributed by atoms with Gasteiger partial charge in [-0.15, -0.1) is 0 Å². The topological polar surface area (TPSA) is 32.8 Å². The van der Waals surface area contributed by atoms with Crippen LogP contribution in [0.3, 0.4) is 0 Å². The summed E-state index contributed by atoms with van der Waals surface area (Å²) >= 11 is 3.60. The maximum atomic E-state index is 12.5. The number of amides is 1. The lowest BCUT2D eigenvalue weighted by molar-refractivity contribution is -0.130. The summed E-state index contributed by atoms with van der Waals surface area (Å²) in [6, 6.07) is 15.9. The highest BCUT2D eigenvalue weighted by Gasteiger charge is 2.22. The standard InChI is InChI=1S/C19H21BrN2O2/c1-24-16-8-6-15(7-9-16)14-19(23)22-12-10-21(11-13-22)18-5-3-2-4-17(18)20/h2-9H,10-14H2,1H3. The van der Waals surface area contributed by atoms with Crippen molar-refractivity contribution in [2.24, 2.45) is 0 Å². The molecule has 3 rings (SSSR count). The van der Waals surface area contributed by atoms with Crippen LogP contribution in [-0.2, 0) is 11.2 Å². The van der Waals surface area contributed by atoms with Crippen molar-refractivity contribution in [1.82, 2.24) is 4.90 Å². The van der Waals surface area contributed by atoms with Gasteiger partial charge in [0.05, 0.1) is 19.2 Å². The fourth-order valence-electron chi connectivity index (χ4n) is 2.93. The Labute approximate surface area is 151 Å². The smallest absolute Gasteiger partial charge is 0.227 e. The van der Waals surface area contributed by atoms with Crippen LogP contribution in [0.25, 0.3) is 0 Å². The lowest BCUT2D eigenvalue weighted by Crippen LogP contribution is -2.49. The van der Waals surface area contributed by atoms with E-state index in [4.69, 9.17) is 4.74 Å². The number of methoxy groups -OCH3 is 1. The van der Waals surface area contributed by atoms with Crippen LogP contribution in [-0.4, -0.2) is 44.1 Å². The lowest BCUT2D eigenvalue weighted by atomic mass is 10.1. The molecule has 0 aliphatic carbocycles. The number of carbonyl (C=O) groups is 1. The summed E-state index contributed by atoms with van der Waals surface area (Å²) in [5, 5.41) is 0. The molecule has 126 valence electrons. The van der Waals surface area contributed by atoms with Gasteiger partial charge in [0.1, 0.15) is 5.75 Å². The Morgan fingerprint density at radius 1 is 1.04 bits per heavy atom. The van der Waals surface area contributed by atoms with Gasteiger partial charge in [0.15, 0.2) is 0 Å². The summed E-state index contributed by atoms with van der Waals surface area (Å²) < 4.78 is 6.25. The molecule has 2 aromatic rings. The minimum atomic E-state index is 0.187. The second-order valence-corrected chi connectivity index (χ2v) is 6.70. The van der Waals surface area contributed by atoms with Gasteiger partial charge in [0.25, 0.3) is 0 Å². The van der Waals surface area contributed by atoms with Gasteiger partial charge in [0.2, 0.25) is 5.91 Å². The van der Waals surface area contributed by atoms with Crippen molar-refractivity contribution in [3.63, 3.8) is 0 Å².